The molecule has 0 amide bonds. The summed E-state index contributed by atoms with van der Waals surface area (Å²) < 4.78 is 14.9. The fourth-order valence-corrected chi connectivity index (χ4v) is 2.45. The van der Waals surface area contributed by atoms with Gasteiger partial charge in [0.25, 0.3) is 0 Å². The zero-order chi connectivity index (χ0) is 15.5. The number of aryl methyl sites for hydroxylation is 1. The number of aldehydes is 1. The zero-order valence-corrected chi connectivity index (χ0v) is 12.8. The van der Waals surface area contributed by atoms with Crippen molar-refractivity contribution in [1.29, 1.82) is 0 Å². The van der Waals surface area contributed by atoms with E-state index in [1.54, 1.807) is 18.3 Å². The van der Waals surface area contributed by atoms with Gasteiger partial charge in [-0.15, -0.1) is 0 Å². The number of carbonyl (C=O) groups is 1. The van der Waals surface area contributed by atoms with Crippen LogP contribution < -0.4 is 0 Å². The van der Waals surface area contributed by atoms with Crippen LogP contribution in [0.5, 0.6) is 0 Å². The molecule has 0 aliphatic rings. The molecule has 0 unspecified atom stereocenters. The van der Waals surface area contributed by atoms with Crippen LogP contribution in [-0.4, -0.2) is 16.1 Å². The van der Waals surface area contributed by atoms with E-state index in [-0.39, 0.29) is 5.82 Å². The number of unbranched alkanes of at least 4 members (excludes halogenated alkanes) is 1. The molecule has 112 valence electrons. The monoisotopic (exact) mass is 288 g/mol. The molecule has 1 aromatic carbocycles. The van der Waals surface area contributed by atoms with Crippen molar-refractivity contribution in [1.82, 2.24) is 9.78 Å². The van der Waals surface area contributed by atoms with Crippen LogP contribution in [0.15, 0.2) is 30.5 Å². The maximum atomic E-state index is 13.1. The molecule has 0 radical (unpaired) electrons. The minimum Gasteiger partial charge on any atom is -0.298 e. The van der Waals surface area contributed by atoms with Gasteiger partial charge in [0.2, 0.25) is 0 Å². The number of nitrogens with zero attached hydrogens (tertiary/aromatic N) is 2. The topological polar surface area (TPSA) is 34.9 Å². The molecule has 0 aliphatic heterocycles. The van der Waals surface area contributed by atoms with Gasteiger partial charge in [-0.3, -0.25) is 9.48 Å². The lowest BCUT2D eigenvalue weighted by Crippen LogP contribution is -2.21. The highest BCUT2D eigenvalue weighted by molar-refractivity contribution is 5.77. The highest BCUT2D eigenvalue weighted by atomic mass is 19.1. The van der Waals surface area contributed by atoms with Crippen molar-refractivity contribution in [2.75, 3.05) is 0 Å². The molecule has 0 aliphatic carbocycles. The van der Waals surface area contributed by atoms with Crippen LogP contribution in [0.2, 0.25) is 0 Å². The van der Waals surface area contributed by atoms with Crippen molar-refractivity contribution in [2.45, 2.75) is 45.6 Å². The first-order valence-corrected chi connectivity index (χ1v) is 7.28. The summed E-state index contributed by atoms with van der Waals surface area (Å²) in [7, 11) is 0. The summed E-state index contributed by atoms with van der Waals surface area (Å²) in [6.07, 6.45) is 4.74. The van der Waals surface area contributed by atoms with Crippen LogP contribution in [0.3, 0.4) is 0 Å². The first-order valence-electron chi connectivity index (χ1n) is 7.28. The average Bonchev–Trinajstić information content (AvgIpc) is 2.89. The van der Waals surface area contributed by atoms with Gasteiger partial charge < -0.3 is 0 Å². The molecule has 2 rings (SSSR count). The van der Waals surface area contributed by atoms with Crippen LogP contribution in [0.4, 0.5) is 4.39 Å². The van der Waals surface area contributed by atoms with E-state index in [1.807, 2.05) is 18.5 Å². The predicted molar refractivity (Wildman–Crippen MR) is 81.1 cm³/mol. The van der Waals surface area contributed by atoms with E-state index in [9.17, 15) is 9.18 Å². The third kappa shape index (κ3) is 3.20. The molecular weight excluding hydrogens is 267 g/mol. The van der Waals surface area contributed by atoms with E-state index in [2.05, 4.69) is 12.0 Å². The molecule has 1 heterocycles. The summed E-state index contributed by atoms with van der Waals surface area (Å²) in [6, 6.07) is 6.36. The van der Waals surface area contributed by atoms with Crippen molar-refractivity contribution in [3.63, 3.8) is 0 Å². The van der Waals surface area contributed by atoms with E-state index in [0.29, 0.717) is 5.56 Å². The molecule has 0 saturated heterocycles. The van der Waals surface area contributed by atoms with Crippen molar-refractivity contribution in [2.24, 2.45) is 0 Å². The van der Waals surface area contributed by atoms with E-state index < -0.39 is 5.41 Å². The Morgan fingerprint density at radius 3 is 2.52 bits per heavy atom. The number of halogens is 1. The summed E-state index contributed by atoms with van der Waals surface area (Å²) in [5.74, 6) is -0.265. The van der Waals surface area contributed by atoms with Gasteiger partial charge in [0, 0.05) is 18.2 Å². The first kappa shape index (κ1) is 15.4. The third-order valence-electron chi connectivity index (χ3n) is 3.82. The van der Waals surface area contributed by atoms with Gasteiger partial charge in [0.05, 0.1) is 11.3 Å². The SMILES string of the molecule is CCCCn1cc(C=O)c(C(C)(C)c2ccc(F)cc2)n1. The summed E-state index contributed by atoms with van der Waals surface area (Å²) in [5, 5.41) is 4.58. The van der Waals surface area contributed by atoms with Crippen LogP contribution in [0.25, 0.3) is 0 Å². The minimum absolute atomic E-state index is 0.265. The standard InChI is InChI=1S/C17H21FN2O/c1-4-5-10-20-11-13(12-21)16(19-20)17(2,3)14-6-8-15(18)9-7-14/h6-9,11-12H,4-5,10H2,1-3H3. The quantitative estimate of drug-likeness (QED) is 0.754. The minimum atomic E-state index is -0.443. The molecule has 1 aromatic heterocycles. The zero-order valence-electron chi connectivity index (χ0n) is 12.8. The average molecular weight is 288 g/mol. The molecule has 0 atom stereocenters. The molecule has 2 aromatic rings. The van der Waals surface area contributed by atoms with Gasteiger partial charge in [-0.05, 0) is 24.1 Å². The van der Waals surface area contributed by atoms with Gasteiger partial charge in [-0.25, -0.2) is 4.39 Å². The van der Waals surface area contributed by atoms with Crippen molar-refractivity contribution < 1.29 is 9.18 Å². The molecular formula is C17H21FN2O. The first-order chi connectivity index (χ1) is 9.98. The second kappa shape index (κ2) is 6.20. The third-order valence-corrected chi connectivity index (χ3v) is 3.82. The van der Waals surface area contributed by atoms with Crippen molar-refractivity contribution in [3.8, 4) is 0 Å². The largest absolute Gasteiger partial charge is 0.298 e. The van der Waals surface area contributed by atoms with Crippen molar-refractivity contribution in [3.05, 3.63) is 53.1 Å². The number of aromatic nitrogens is 2. The highest BCUT2D eigenvalue weighted by Crippen LogP contribution is 2.32. The second-order valence-electron chi connectivity index (χ2n) is 5.80. The van der Waals surface area contributed by atoms with E-state index in [4.69, 9.17) is 0 Å². The lowest BCUT2D eigenvalue weighted by atomic mass is 9.80. The summed E-state index contributed by atoms with van der Waals surface area (Å²) in [4.78, 5) is 11.3. The Bertz CT molecular complexity index is 614. The van der Waals surface area contributed by atoms with E-state index in [0.717, 1.165) is 36.9 Å². The fourth-order valence-electron chi connectivity index (χ4n) is 2.45. The van der Waals surface area contributed by atoms with Gasteiger partial charge >= 0.3 is 0 Å². The fraction of sp³-hybridized carbons (Fsp3) is 0.412. The molecule has 0 fully saturated rings. The summed E-state index contributed by atoms with van der Waals surface area (Å²) in [5.41, 5.74) is 1.83. The summed E-state index contributed by atoms with van der Waals surface area (Å²) in [6.45, 7) is 6.92. The smallest absolute Gasteiger partial charge is 0.153 e. The number of carbonyl (C=O) groups excluding carboxylic acids is 1. The molecule has 0 bridgehead atoms. The predicted octanol–water partition coefficient (Wildman–Crippen LogP) is 3.96. The van der Waals surface area contributed by atoms with Crippen LogP contribution in [-0.2, 0) is 12.0 Å². The lowest BCUT2D eigenvalue weighted by Gasteiger charge is -2.24. The van der Waals surface area contributed by atoms with Gasteiger partial charge in [-0.1, -0.05) is 39.3 Å². The summed E-state index contributed by atoms with van der Waals surface area (Å²) >= 11 is 0. The second-order valence-corrected chi connectivity index (χ2v) is 5.80. The molecule has 0 saturated carbocycles. The number of benzene rings is 1. The molecule has 4 heteroatoms. The molecule has 0 N–H and O–H groups in total. The number of hydrogen-bond donors (Lipinski definition) is 0. The van der Waals surface area contributed by atoms with Gasteiger partial charge in [-0.2, -0.15) is 5.10 Å². The van der Waals surface area contributed by atoms with E-state index >= 15 is 0 Å². The molecule has 0 spiro atoms. The number of rotatable bonds is 6. The Labute approximate surface area is 124 Å². The Hall–Kier alpha value is -1.97. The van der Waals surface area contributed by atoms with Crippen LogP contribution in [0.1, 0.15) is 55.2 Å². The van der Waals surface area contributed by atoms with Crippen LogP contribution >= 0.6 is 0 Å². The van der Waals surface area contributed by atoms with Gasteiger partial charge in [0.15, 0.2) is 6.29 Å². The Morgan fingerprint density at radius 2 is 1.95 bits per heavy atom. The Kier molecular flexibility index (Phi) is 4.56. The number of hydrogen-bond acceptors (Lipinski definition) is 2. The molecule has 3 nitrogen and oxygen atoms in total. The van der Waals surface area contributed by atoms with E-state index in [1.165, 1.54) is 12.1 Å². The Balaban J connectivity index is 2.40. The lowest BCUT2D eigenvalue weighted by molar-refractivity contribution is 0.112. The highest BCUT2D eigenvalue weighted by Gasteiger charge is 2.29. The normalized spacial score (nSPS) is 11.6. The maximum absolute atomic E-state index is 13.1. The van der Waals surface area contributed by atoms with Crippen molar-refractivity contribution >= 4 is 6.29 Å². The van der Waals surface area contributed by atoms with Gasteiger partial charge in [0.1, 0.15) is 5.82 Å². The Morgan fingerprint density at radius 1 is 1.29 bits per heavy atom. The van der Waals surface area contributed by atoms with Crippen LogP contribution in [0, 0.1) is 5.82 Å². The maximum Gasteiger partial charge on any atom is 0.153 e. The molecule has 21 heavy (non-hydrogen) atoms.